The molecule has 0 bridgehead atoms. The van der Waals surface area contributed by atoms with Gasteiger partial charge in [0.15, 0.2) is 6.61 Å². The second-order valence-corrected chi connectivity index (χ2v) is 3.51. The number of rotatable bonds is 8. The molecule has 0 aromatic rings. The van der Waals surface area contributed by atoms with Gasteiger partial charge in [0.2, 0.25) is 0 Å². The van der Waals surface area contributed by atoms with Gasteiger partial charge in [0, 0.05) is 0 Å². The molecule has 1 atom stereocenters. The summed E-state index contributed by atoms with van der Waals surface area (Å²) in [5.41, 5.74) is 0. The average Bonchev–Trinajstić information content (AvgIpc) is 2.28. The minimum Gasteiger partial charge on any atom is -0.453 e. The van der Waals surface area contributed by atoms with Crippen molar-refractivity contribution in [2.45, 2.75) is 39.5 Å². The van der Waals surface area contributed by atoms with Gasteiger partial charge in [0.25, 0.3) is 0 Å². The molecule has 0 aliphatic carbocycles. The van der Waals surface area contributed by atoms with Crippen molar-refractivity contribution < 1.29 is 19.1 Å². The Balaban J connectivity index is 3.91. The van der Waals surface area contributed by atoms with Crippen molar-refractivity contribution in [1.82, 2.24) is 0 Å². The Kier molecular flexibility index (Phi) is 8.21. The fraction of sp³-hybridized carbons (Fsp3) is 0.667. The molecule has 0 amide bonds. The van der Waals surface area contributed by atoms with Gasteiger partial charge in [0.1, 0.15) is 0 Å². The van der Waals surface area contributed by atoms with E-state index in [-0.39, 0.29) is 18.5 Å². The molecule has 0 rings (SSSR count). The van der Waals surface area contributed by atoms with E-state index in [1.165, 1.54) is 0 Å². The minimum atomic E-state index is -0.603. The first-order valence-electron chi connectivity index (χ1n) is 5.62. The smallest absolute Gasteiger partial charge is 0.349 e. The highest BCUT2D eigenvalue weighted by Crippen LogP contribution is 2.14. The normalized spacial score (nSPS) is 11.6. The highest BCUT2D eigenvalue weighted by atomic mass is 16.6. The third kappa shape index (κ3) is 6.22. The molecule has 0 aliphatic heterocycles. The Morgan fingerprint density at radius 2 is 2.06 bits per heavy atom. The summed E-state index contributed by atoms with van der Waals surface area (Å²) in [6, 6.07) is 0. The molecular formula is C12H20O4. The van der Waals surface area contributed by atoms with E-state index in [0.717, 1.165) is 31.9 Å². The predicted octanol–water partition coefficient (Wildman–Crippen LogP) is 2.43. The topological polar surface area (TPSA) is 52.6 Å². The summed E-state index contributed by atoms with van der Waals surface area (Å²) in [4.78, 5) is 22.4. The third-order valence-corrected chi connectivity index (χ3v) is 2.28. The van der Waals surface area contributed by atoms with E-state index >= 15 is 0 Å². The Hall–Kier alpha value is -1.32. The van der Waals surface area contributed by atoms with Gasteiger partial charge in [-0.25, -0.2) is 4.79 Å². The molecule has 0 saturated heterocycles. The van der Waals surface area contributed by atoms with Gasteiger partial charge in [-0.05, 0) is 12.8 Å². The Bertz CT molecular complexity index is 235. The zero-order chi connectivity index (χ0) is 12.4. The summed E-state index contributed by atoms with van der Waals surface area (Å²) < 4.78 is 9.28. The van der Waals surface area contributed by atoms with Gasteiger partial charge in [-0.3, -0.25) is 4.79 Å². The maximum atomic E-state index is 11.5. The van der Waals surface area contributed by atoms with E-state index in [4.69, 9.17) is 4.74 Å². The summed E-state index contributed by atoms with van der Waals surface area (Å²) in [7, 11) is 0. The van der Waals surface area contributed by atoms with Crippen molar-refractivity contribution >= 4 is 11.9 Å². The van der Waals surface area contributed by atoms with Crippen LogP contribution >= 0.6 is 0 Å². The summed E-state index contributed by atoms with van der Waals surface area (Å²) in [6.07, 6.45) is 4.59. The molecule has 4 nitrogen and oxygen atoms in total. The summed E-state index contributed by atoms with van der Waals surface area (Å²) in [5.74, 6) is -1.04. The van der Waals surface area contributed by atoms with Gasteiger partial charge in [-0.1, -0.05) is 33.3 Å². The molecule has 0 spiro atoms. The first-order chi connectivity index (χ1) is 7.65. The third-order valence-electron chi connectivity index (χ3n) is 2.28. The van der Waals surface area contributed by atoms with E-state index in [0.29, 0.717) is 0 Å². The fourth-order valence-electron chi connectivity index (χ4n) is 1.31. The zero-order valence-electron chi connectivity index (χ0n) is 10.0. The monoisotopic (exact) mass is 228 g/mol. The highest BCUT2D eigenvalue weighted by Gasteiger charge is 2.18. The number of hydrogen-bond donors (Lipinski definition) is 0. The lowest BCUT2D eigenvalue weighted by Gasteiger charge is -2.12. The van der Waals surface area contributed by atoms with E-state index in [1.54, 1.807) is 0 Å². The number of unbranched alkanes of at least 4 members (excludes halogenated alkanes) is 1. The second kappa shape index (κ2) is 8.95. The molecule has 0 saturated carbocycles. The molecule has 92 valence electrons. The molecule has 0 radical (unpaired) electrons. The lowest BCUT2D eigenvalue weighted by atomic mass is 10.00. The first-order valence-corrected chi connectivity index (χ1v) is 5.62. The van der Waals surface area contributed by atoms with Gasteiger partial charge < -0.3 is 9.47 Å². The lowest BCUT2D eigenvalue weighted by molar-refractivity contribution is -0.158. The van der Waals surface area contributed by atoms with Crippen LogP contribution in [0.3, 0.4) is 0 Å². The van der Waals surface area contributed by atoms with Crippen LogP contribution in [0.1, 0.15) is 39.5 Å². The quantitative estimate of drug-likeness (QED) is 0.473. The molecule has 1 unspecified atom stereocenters. The summed E-state index contributed by atoms with van der Waals surface area (Å²) in [5, 5.41) is 0. The van der Waals surface area contributed by atoms with Crippen LogP contribution in [-0.4, -0.2) is 18.5 Å². The predicted molar refractivity (Wildman–Crippen MR) is 60.6 cm³/mol. The Labute approximate surface area is 96.6 Å². The molecule has 16 heavy (non-hydrogen) atoms. The fourth-order valence-corrected chi connectivity index (χ4v) is 1.31. The largest absolute Gasteiger partial charge is 0.453 e. The number of carbonyl (C=O) groups excluding carboxylic acids is 2. The SMILES string of the molecule is C=COC(=O)COC(=O)C(CC)CCCC. The Morgan fingerprint density at radius 3 is 2.56 bits per heavy atom. The molecule has 4 heteroatoms. The molecule has 0 aromatic heterocycles. The minimum absolute atomic E-state index is 0.114. The highest BCUT2D eigenvalue weighted by molar-refractivity contribution is 5.77. The van der Waals surface area contributed by atoms with Gasteiger partial charge in [0.05, 0.1) is 12.2 Å². The number of hydrogen-bond acceptors (Lipinski definition) is 4. The summed E-state index contributed by atoms with van der Waals surface area (Å²) in [6.45, 7) is 6.90. The number of ether oxygens (including phenoxy) is 2. The number of carbonyl (C=O) groups is 2. The van der Waals surface area contributed by atoms with E-state index in [9.17, 15) is 9.59 Å². The summed E-state index contributed by atoms with van der Waals surface area (Å²) >= 11 is 0. The molecule has 0 fully saturated rings. The molecular weight excluding hydrogens is 208 g/mol. The second-order valence-electron chi connectivity index (χ2n) is 3.51. The molecule has 0 N–H and O–H groups in total. The van der Waals surface area contributed by atoms with Crippen LogP contribution in [0.25, 0.3) is 0 Å². The van der Waals surface area contributed by atoms with Crippen LogP contribution < -0.4 is 0 Å². The van der Waals surface area contributed by atoms with Gasteiger partial charge in [-0.2, -0.15) is 0 Å². The van der Waals surface area contributed by atoms with Gasteiger partial charge >= 0.3 is 11.9 Å². The van der Waals surface area contributed by atoms with Crippen LogP contribution in [-0.2, 0) is 19.1 Å². The standard InChI is InChI=1S/C12H20O4/c1-4-7-8-10(5-2)12(14)16-9-11(13)15-6-3/h6,10H,3-5,7-9H2,1-2H3. The van der Waals surface area contributed by atoms with Crippen molar-refractivity contribution in [1.29, 1.82) is 0 Å². The maximum absolute atomic E-state index is 11.5. The van der Waals surface area contributed by atoms with E-state index < -0.39 is 5.97 Å². The molecule has 0 aliphatic rings. The first kappa shape index (κ1) is 14.7. The molecule has 0 aromatic carbocycles. The van der Waals surface area contributed by atoms with Crippen molar-refractivity contribution in [2.24, 2.45) is 5.92 Å². The van der Waals surface area contributed by atoms with Crippen molar-refractivity contribution in [2.75, 3.05) is 6.61 Å². The van der Waals surface area contributed by atoms with E-state index in [1.807, 2.05) is 6.92 Å². The number of esters is 2. The van der Waals surface area contributed by atoms with Crippen LogP contribution in [0.15, 0.2) is 12.8 Å². The lowest BCUT2D eigenvalue weighted by Crippen LogP contribution is -2.21. The Morgan fingerprint density at radius 1 is 1.38 bits per heavy atom. The van der Waals surface area contributed by atoms with Crippen LogP contribution in [0.4, 0.5) is 0 Å². The van der Waals surface area contributed by atoms with Gasteiger partial charge in [-0.15, -0.1) is 0 Å². The van der Waals surface area contributed by atoms with Crippen molar-refractivity contribution in [3.05, 3.63) is 12.8 Å². The van der Waals surface area contributed by atoms with Crippen molar-refractivity contribution in [3.63, 3.8) is 0 Å². The zero-order valence-corrected chi connectivity index (χ0v) is 10.0. The van der Waals surface area contributed by atoms with Crippen LogP contribution in [0.2, 0.25) is 0 Å². The van der Waals surface area contributed by atoms with Crippen LogP contribution in [0, 0.1) is 5.92 Å². The van der Waals surface area contributed by atoms with E-state index in [2.05, 4.69) is 18.2 Å². The van der Waals surface area contributed by atoms with Crippen molar-refractivity contribution in [3.8, 4) is 0 Å². The molecule has 0 heterocycles. The maximum Gasteiger partial charge on any atom is 0.349 e. The average molecular weight is 228 g/mol. The van der Waals surface area contributed by atoms with Crippen LogP contribution in [0.5, 0.6) is 0 Å².